The van der Waals surface area contributed by atoms with E-state index < -0.39 is 0 Å². The standard InChI is InChI=1S/C19H22FN3O2/c1-21-19(22-10-8-14-2-5-16(20)6-3-14)23-11-9-15-4-7-17-18(12-15)25-13-24-17/h2-7,12H,8-11,13H2,1H3,(H2,21,22,23). The summed E-state index contributed by atoms with van der Waals surface area (Å²) < 4.78 is 23.6. The van der Waals surface area contributed by atoms with E-state index in [2.05, 4.69) is 15.6 Å². The van der Waals surface area contributed by atoms with E-state index in [1.165, 1.54) is 17.7 Å². The molecule has 0 atom stereocenters. The van der Waals surface area contributed by atoms with Crippen LogP contribution in [0.5, 0.6) is 11.5 Å². The number of halogens is 1. The molecule has 6 heteroatoms. The van der Waals surface area contributed by atoms with Gasteiger partial charge in [0.05, 0.1) is 0 Å². The molecule has 3 rings (SSSR count). The molecule has 0 saturated heterocycles. The minimum atomic E-state index is -0.210. The molecule has 0 saturated carbocycles. The Balaban J connectivity index is 1.39. The molecule has 25 heavy (non-hydrogen) atoms. The van der Waals surface area contributed by atoms with Gasteiger partial charge < -0.3 is 20.1 Å². The van der Waals surface area contributed by atoms with Gasteiger partial charge in [0.15, 0.2) is 17.5 Å². The molecule has 0 amide bonds. The lowest BCUT2D eigenvalue weighted by molar-refractivity contribution is 0.174. The molecule has 5 nitrogen and oxygen atoms in total. The average molecular weight is 343 g/mol. The van der Waals surface area contributed by atoms with E-state index in [4.69, 9.17) is 9.47 Å². The zero-order valence-electron chi connectivity index (χ0n) is 14.2. The summed E-state index contributed by atoms with van der Waals surface area (Å²) in [7, 11) is 1.74. The van der Waals surface area contributed by atoms with Crippen LogP contribution in [0.25, 0.3) is 0 Å². The molecule has 0 fully saturated rings. The van der Waals surface area contributed by atoms with Crippen molar-refractivity contribution in [3.8, 4) is 11.5 Å². The van der Waals surface area contributed by atoms with Crippen molar-refractivity contribution in [2.24, 2.45) is 4.99 Å². The maximum absolute atomic E-state index is 12.9. The third kappa shape index (κ3) is 4.86. The van der Waals surface area contributed by atoms with Crippen molar-refractivity contribution in [3.05, 3.63) is 59.4 Å². The van der Waals surface area contributed by atoms with Crippen LogP contribution < -0.4 is 20.1 Å². The SMILES string of the molecule is CN=C(NCCc1ccc(F)cc1)NCCc1ccc2c(c1)OCO2. The van der Waals surface area contributed by atoms with Gasteiger partial charge in [0, 0.05) is 20.1 Å². The first-order chi connectivity index (χ1) is 12.2. The van der Waals surface area contributed by atoms with Crippen molar-refractivity contribution >= 4 is 5.96 Å². The number of hydrogen-bond donors (Lipinski definition) is 2. The lowest BCUT2D eigenvalue weighted by Gasteiger charge is -2.12. The number of hydrogen-bond acceptors (Lipinski definition) is 3. The predicted octanol–water partition coefficient (Wildman–Crippen LogP) is 2.50. The third-order valence-corrected chi connectivity index (χ3v) is 3.99. The molecule has 2 N–H and O–H groups in total. The van der Waals surface area contributed by atoms with Crippen LogP contribution in [-0.4, -0.2) is 32.9 Å². The van der Waals surface area contributed by atoms with Crippen LogP contribution in [0.15, 0.2) is 47.5 Å². The Bertz CT molecular complexity index is 732. The van der Waals surface area contributed by atoms with E-state index in [0.717, 1.165) is 49.0 Å². The number of benzene rings is 2. The van der Waals surface area contributed by atoms with E-state index in [0.29, 0.717) is 6.79 Å². The molecule has 1 aliphatic rings. The molecule has 132 valence electrons. The third-order valence-electron chi connectivity index (χ3n) is 3.99. The number of rotatable bonds is 6. The Hall–Kier alpha value is -2.76. The van der Waals surface area contributed by atoms with E-state index in [1.807, 2.05) is 18.2 Å². The first-order valence-corrected chi connectivity index (χ1v) is 8.32. The molecule has 0 spiro atoms. The van der Waals surface area contributed by atoms with E-state index in [1.54, 1.807) is 19.2 Å². The highest BCUT2D eigenvalue weighted by molar-refractivity contribution is 5.79. The first-order valence-electron chi connectivity index (χ1n) is 8.32. The van der Waals surface area contributed by atoms with E-state index >= 15 is 0 Å². The van der Waals surface area contributed by atoms with Crippen LogP contribution in [0.1, 0.15) is 11.1 Å². The predicted molar refractivity (Wildman–Crippen MR) is 95.7 cm³/mol. The average Bonchev–Trinajstić information content (AvgIpc) is 3.10. The van der Waals surface area contributed by atoms with Crippen LogP contribution in [0.2, 0.25) is 0 Å². The van der Waals surface area contributed by atoms with Crippen molar-refractivity contribution in [2.45, 2.75) is 12.8 Å². The van der Waals surface area contributed by atoms with Crippen molar-refractivity contribution in [1.82, 2.24) is 10.6 Å². The quantitative estimate of drug-likeness (QED) is 0.625. The van der Waals surface area contributed by atoms with Gasteiger partial charge in [0.2, 0.25) is 6.79 Å². The summed E-state index contributed by atoms with van der Waals surface area (Å²) in [6, 6.07) is 12.5. The molecule has 1 aliphatic heterocycles. The Morgan fingerprint density at radius 3 is 2.32 bits per heavy atom. The molecule has 0 bridgehead atoms. The second-order valence-electron chi connectivity index (χ2n) is 5.74. The highest BCUT2D eigenvalue weighted by atomic mass is 19.1. The summed E-state index contributed by atoms with van der Waals surface area (Å²) >= 11 is 0. The van der Waals surface area contributed by atoms with Gasteiger partial charge in [-0.15, -0.1) is 0 Å². The molecule has 2 aromatic carbocycles. The van der Waals surface area contributed by atoms with Gasteiger partial charge in [-0.3, -0.25) is 4.99 Å². The Morgan fingerprint density at radius 1 is 0.960 bits per heavy atom. The maximum Gasteiger partial charge on any atom is 0.231 e. The normalized spacial score (nSPS) is 13.0. The highest BCUT2D eigenvalue weighted by Crippen LogP contribution is 2.32. The molecule has 0 aromatic heterocycles. The number of guanidine groups is 1. The smallest absolute Gasteiger partial charge is 0.231 e. The second-order valence-corrected chi connectivity index (χ2v) is 5.74. The van der Waals surface area contributed by atoms with E-state index in [-0.39, 0.29) is 5.82 Å². The van der Waals surface area contributed by atoms with Crippen molar-refractivity contribution in [3.63, 3.8) is 0 Å². The Labute approximate surface area is 146 Å². The van der Waals surface area contributed by atoms with Gasteiger partial charge in [-0.05, 0) is 48.2 Å². The van der Waals surface area contributed by atoms with Gasteiger partial charge in [0.1, 0.15) is 5.82 Å². The molecular formula is C19H22FN3O2. The van der Waals surface area contributed by atoms with Crippen LogP contribution in [0.4, 0.5) is 4.39 Å². The summed E-state index contributed by atoms with van der Waals surface area (Å²) in [4.78, 5) is 4.21. The lowest BCUT2D eigenvalue weighted by atomic mass is 10.1. The van der Waals surface area contributed by atoms with Crippen molar-refractivity contribution in [1.29, 1.82) is 0 Å². The summed E-state index contributed by atoms with van der Waals surface area (Å²) in [5, 5.41) is 6.55. The zero-order valence-corrected chi connectivity index (χ0v) is 14.2. The molecule has 2 aromatic rings. The number of aliphatic imine (C=N–C) groups is 1. The highest BCUT2D eigenvalue weighted by Gasteiger charge is 2.12. The number of nitrogens with one attached hydrogen (secondary N) is 2. The largest absolute Gasteiger partial charge is 0.454 e. The van der Waals surface area contributed by atoms with Gasteiger partial charge in [-0.2, -0.15) is 0 Å². The van der Waals surface area contributed by atoms with Crippen molar-refractivity contribution < 1.29 is 13.9 Å². The number of ether oxygens (including phenoxy) is 2. The molecule has 0 radical (unpaired) electrons. The lowest BCUT2D eigenvalue weighted by Crippen LogP contribution is -2.39. The fourth-order valence-corrected chi connectivity index (χ4v) is 2.62. The minimum Gasteiger partial charge on any atom is -0.454 e. The van der Waals surface area contributed by atoms with E-state index in [9.17, 15) is 4.39 Å². The van der Waals surface area contributed by atoms with Gasteiger partial charge >= 0.3 is 0 Å². The second kappa shape index (κ2) is 8.37. The van der Waals surface area contributed by atoms with Crippen LogP contribution >= 0.6 is 0 Å². The summed E-state index contributed by atoms with van der Waals surface area (Å²) in [5.74, 6) is 2.15. The monoisotopic (exact) mass is 343 g/mol. The fourth-order valence-electron chi connectivity index (χ4n) is 2.62. The molecular weight excluding hydrogens is 321 g/mol. The van der Waals surface area contributed by atoms with Gasteiger partial charge in [-0.25, -0.2) is 4.39 Å². The van der Waals surface area contributed by atoms with Crippen LogP contribution in [0, 0.1) is 5.82 Å². The van der Waals surface area contributed by atoms with Crippen LogP contribution in [0.3, 0.4) is 0 Å². The summed E-state index contributed by atoms with van der Waals surface area (Å²) in [6.07, 6.45) is 1.67. The molecule has 1 heterocycles. The minimum absolute atomic E-state index is 0.210. The summed E-state index contributed by atoms with van der Waals surface area (Å²) in [6.45, 7) is 1.78. The molecule has 0 aliphatic carbocycles. The number of nitrogens with zero attached hydrogens (tertiary/aromatic N) is 1. The van der Waals surface area contributed by atoms with Crippen LogP contribution in [-0.2, 0) is 12.8 Å². The topological polar surface area (TPSA) is 54.9 Å². The number of fused-ring (bicyclic) bond motifs is 1. The Morgan fingerprint density at radius 2 is 1.60 bits per heavy atom. The maximum atomic E-state index is 12.9. The summed E-state index contributed by atoms with van der Waals surface area (Å²) in [5.41, 5.74) is 2.27. The van der Waals surface area contributed by atoms with Crippen molar-refractivity contribution in [2.75, 3.05) is 26.9 Å². The van der Waals surface area contributed by atoms with Gasteiger partial charge in [0.25, 0.3) is 0 Å². The fraction of sp³-hybridized carbons (Fsp3) is 0.316. The van der Waals surface area contributed by atoms with Gasteiger partial charge in [-0.1, -0.05) is 18.2 Å². The zero-order chi connectivity index (χ0) is 17.5. The Kier molecular flexibility index (Phi) is 5.72. The molecule has 0 unspecified atom stereocenters. The first kappa shape index (κ1) is 17.1.